The Balaban J connectivity index is 0.000000288. The van der Waals surface area contributed by atoms with Gasteiger partial charge in [0.1, 0.15) is 5.69 Å². The fraction of sp³-hybridized carbons (Fsp3) is 0.286. The zero-order valence-corrected chi connectivity index (χ0v) is 9.06. The first-order valence-electron chi connectivity index (χ1n) is 3.68. The van der Waals surface area contributed by atoms with Crippen molar-refractivity contribution in [2.45, 2.75) is 0 Å². The molecule has 2 N–H and O–H groups in total. The lowest BCUT2D eigenvalue weighted by molar-refractivity contribution is 0.0995. The number of amides is 1. The number of primary amides is 1. The Morgan fingerprint density at radius 1 is 1.47 bits per heavy atom. The van der Waals surface area contributed by atoms with Gasteiger partial charge in [0.2, 0.25) is 0 Å². The number of carbonyl (C=O) groups excluding carboxylic acids is 1. The summed E-state index contributed by atoms with van der Waals surface area (Å²) < 4.78 is 23.5. The molecule has 0 aliphatic carbocycles. The summed E-state index contributed by atoms with van der Waals surface area (Å²) in [6.07, 6.45) is 5.21. The molecule has 0 fully saturated rings. The van der Waals surface area contributed by atoms with Crippen LogP contribution in [0.5, 0.6) is 0 Å². The summed E-state index contributed by atoms with van der Waals surface area (Å²) in [6, 6.07) is 0. The Morgan fingerprint density at radius 2 is 2.00 bits per heavy atom. The molecule has 7 nitrogen and oxygen atoms in total. The van der Waals surface area contributed by atoms with Crippen LogP contribution in [-0.2, 0) is 14.3 Å². The molecule has 0 bridgehead atoms. The molecule has 0 spiro atoms. The van der Waals surface area contributed by atoms with Crippen molar-refractivity contribution in [3.8, 4) is 0 Å². The van der Waals surface area contributed by atoms with Crippen LogP contribution in [0.2, 0.25) is 0 Å². The van der Waals surface area contributed by atoms with Crippen molar-refractivity contribution < 1.29 is 17.4 Å². The lowest BCUT2D eigenvalue weighted by Crippen LogP contribution is -2.12. The van der Waals surface area contributed by atoms with Crippen molar-refractivity contribution in [3.05, 3.63) is 24.3 Å². The van der Waals surface area contributed by atoms with Gasteiger partial charge in [0, 0.05) is 12.4 Å². The van der Waals surface area contributed by atoms with Crippen molar-refractivity contribution in [2.75, 3.05) is 13.4 Å². The van der Waals surface area contributed by atoms with Gasteiger partial charge in [-0.05, 0) is 0 Å². The Hall–Kier alpha value is -1.54. The third-order valence-electron chi connectivity index (χ3n) is 1.12. The standard InChI is InChI=1S/C5H5N3O.C2H6O3S/c6-5(9)4-3-7-1-2-8-4;1-5-6(2,3)4/h1-3H,(H2,6,9);1-2H3. The summed E-state index contributed by atoms with van der Waals surface area (Å²) in [6.45, 7) is 0. The van der Waals surface area contributed by atoms with Crippen molar-refractivity contribution in [1.29, 1.82) is 0 Å². The quantitative estimate of drug-likeness (QED) is 0.667. The molecule has 0 aliphatic heterocycles. The highest BCUT2D eigenvalue weighted by atomic mass is 32.2. The predicted octanol–water partition coefficient (Wildman–Crippen LogP) is -0.832. The van der Waals surface area contributed by atoms with Crippen LogP contribution in [0.3, 0.4) is 0 Å². The number of hydrogen-bond donors (Lipinski definition) is 1. The normalized spacial score (nSPS) is 10.0. The summed E-state index contributed by atoms with van der Waals surface area (Å²) in [4.78, 5) is 17.6. The van der Waals surface area contributed by atoms with Crippen molar-refractivity contribution in [2.24, 2.45) is 5.73 Å². The molecule has 0 unspecified atom stereocenters. The van der Waals surface area contributed by atoms with E-state index in [1.165, 1.54) is 18.6 Å². The maximum atomic E-state index is 10.3. The van der Waals surface area contributed by atoms with Gasteiger partial charge in [-0.3, -0.25) is 14.0 Å². The van der Waals surface area contributed by atoms with Crippen LogP contribution >= 0.6 is 0 Å². The molecule has 0 aromatic carbocycles. The van der Waals surface area contributed by atoms with E-state index in [1.54, 1.807) is 0 Å². The molecule has 1 aromatic rings. The summed E-state index contributed by atoms with van der Waals surface area (Å²) >= 11 is 0. The van der Waals surface area contributed by atoms with Crippen LogP contribution in [0, 0.1) is 0 Å². The van der Waals surface area contributed by atoms with Gasteiger partial charge in [-0.2, -0.15) is 8.42 Å². The molecule has 0 saturated heterocycles. The molecule has 0 saturated carbocycles. The zero-order chi connectivity index (χ0) is 11.9. The molecule has 0 atom stereocenters. The zero-order valence-electron chi connectivity index (χ0n) is 8.25. The highest BCUT2D eigenvalue weighted by Gasteiger charge is 1.97. The van der Waals surface area contributed by atoms with Crippen LogP contribution < -0.4 is 5.73 Å². The fourth-order valence-corrected chi connectivity index (χ4v) is 0.426. The Bertz CT molecular complexity index is 404. The van der Waals surface area contributed by atoms with Gasteiger partial charge in [-0.15, -0.1) is 0 Å². The van der Waals surface area contributed by atoms with E-state index in [2.05, 4.69) is 14.2 Å². The van der Waals surface area contributed by atoms with Crippen LogP contribution in [0.4, 0.5) is 0 Å². The number of nitrogens with zero attached hydrogens (tertiary/aromatic N) is 2. The van der Waals surface area contributed by atoms with Gasteiger partial charge in [-0.1, -0.05) is 0 Å². The molecule has 1 rings (SSSR count). The summed E-state index contributed by atoms with van der Waals surface area (Å²) in [5.74, 6) is -0.553. The van der Waals surface area contributed by atoms with Gasteiger partial charge in [0.05, 0.1) is 19.6 Å². The van der Waals surface area contributed by atoms with Crippen LogP contribution in [0.25, 0.3) is 0 Å². The SMILES string of the molecule is COS(C)(=O)=O.NC(=O)c1cnccn1. The maximum Gasteiger partial charge on any atom is 0.268 e. The first kappa shape index (κ1) is 13.5. The third kappa shape index (κ3) is 7.52. The topological polar surface area (TPSA) is 112 Å². The molecule has 1 amide bonds. The van der Waals surface area contributed by atoms with E-state index >= 15 is 0 Å². The molecule has 15 heavy (non-hydrogen) atoms. The van der Waals surface area contributed by atoms with Gasteiger partial charge < -0.3 is 5.73 Å². The number of aromatic nitrogens is 2. The number of rotatable bonds is 2. The highest BCUT2D eigenvalue weighted by Crippen LogP contribution is 1.84. The minimum atomic E-state index is -3.16. The number of hydrogen-bond acceptors (Lipinski definition) is 6. The maximum absolute atomic E-state index is 10.3. The average molecular weight is 233 g/mol. The summed E-state index contributed by atoms with van der Waals surface area (Å²) in [7, 11) is -2.04. The lowest BCUT2D eigenvalue weighted by atomic mass is 10.4. The molecule has 1 heterocycles. The molecule has 8 heteroatoms. The fourth-order valence-electron chi connectivity index (χ4n) is 0.426. The second-order valence-corrected chi connectivity index (χ2v) is 4.07. The second-order valence-electron chi connectivity index (χ2n) is 2.33. The van der Waals surface area contributed by atoms with E-state index in [9.17, 15) is 13.2 Å². The first-order valence-corrected chi connectivity index (χ1v) is 5.50. The molecular weight excluding hydrogens is 222 g/mol. The summed E-state index contributed by atoms with van der Waals surface area (Å²) in [5, 5.41) is 0. The van der Waals surface area contributed by atoms with Crippen LogP contribution in [-0.4, -0.2) is 37.7 Å². The van der Waals surface area contributed by atoms with Crippen molar-refractivity contribution in [3.63, 3.8) is 0 Å². The van der Waals surface area contributed by atoms with E-state index in [0.29, 0.717) is 0 Å². The van der Waals surface area contributed by atoms with Gasteiger partial charge >= 0.3 is 0 Å². The number of nitrogens with two attached hydrogens (primary N) is 1. The minimum Gasteiger partial charge on any atom is -0.364 e. The predicted molar refractivity (Wildman–Crippen MR) is 52.4 cm³/mol. The average Bonchev–Trinajstić information content (AvgIpc) is 2.19. The Labute approximate surface area is 87.4 Å². The van der Waals surface area contributed by atoms with E-state index in [4.69, 9.17) is 5.73 Å². The van der Waals surface area contributed by atoms with Crippen LogP contribution in [0.1, 0.15) is 10.5 Å². The minimum absolute atomic E-state index is 0.192. The third-order valence-corrected chi connectivity index (χ3v) is 1.72. The molecule has 0 radical (unpaired) electrons. The largest absolute Gasteiger partial charge is 0.364 e. The van der Waals surface area contributed by atoms with Gasteiger partial charge in [-0.25, -0.2) is 4.98 Å². The van der Waals surface area contributed by atoms with Crippen LogP contribution in [0.15, 0.2) is 18.6 Å². The van der Waals surface area contributed by atoms with E-state index < -0.39 is 16.0 Å². The molecule has 1 aromatic heterocycles. The smallest absolute Gasteiger partial charge is 0.268 e. The lowest BCUT2D eigenvalue weighted by Gasteiger charge is -1.87. The molecule has 84 valence electrons. The first-order chi connectivity index (χ1) is 6.87. The van der Waals surface area contributed by atoms with E-state index in [1.807, 2.05) is 0 Å². The van der Waals surface area contributed by atoms with E-state index in [0.717, 1.165) is 13.4 Å². The van der Waals surface area contributed by atoms with Gasteiger partial charge in [0.15, 0.2) is 0 Å². The van der Waals surface area contributed by atoms with Crippen molar-refractivity contribution >= 4 is 16.0 Å². The number of carbonyl (C=O) groups is 1. The van der Waals surface area contributed by atoms with E-state index in [-0.39, 0.29) is 5.69 Å². The van der Waals surface area contributed by atoms with Crippen molar-refractivity contribution in [1.82, 2.24) is 9.97 Å². The highest BCUT2D eigenvalue weighted by molar-refractivity contribution is 7.85. The molecule has 0 aliphatic rings. The summed E-state index contributed by atoms with van der Waals surface area (Å²) in [5.41, 5.74) is 5.06. The molecular formula is C7H11N3O4S. The second kappa shape index (κ2) is 6.04. The van der Waals surface area contributed by atoms with Gasteiger partial charge in [0.25, 0.3) is 16.0 Å². The monoisotopic (exact) mass is 233 g/mol. The Morgan fingerprint density at radius 3 is 2.20 bits per heavy atom. The Kier molecular flexibility index (Phi) is 5.42.